The standard InChI is InChI=1S/C22H26F8N6O3S/c1-13(33-17-10-32-34-20(37)19(17)22(23,24)25)11-39-12-14-8-16(14)21(38)36-6-4-35(5-7-36)18-3-2-15(9-31-18)40(26,27,28,29)30/h2-3,9-10,13-14,16H,4-8,11-12H2,1H3,(H2,33,34,37)/t13-,14+,16-/m0/s1. The second kappa shape index (κ2) is 9.74. The van der Waals surface area contributed by atoms with Crippen molar-refractivity contribution in [1.82, 2.24) is 20.1 Å². The number of nitrogens with one attached hydrogen (secondary N) is 2. The average Bonchev–Trinajstić information content (AvgIpc) is 3.61. The molecule has 4 rings (SSSR count). The molecule has 0 spiro atoms. The van der Waals surface area contributed by atoms with Crippen LogP contribution in [-0.2, 0) is 15.7 Å². The molecule has 1 aliphatic heterocycles. The van der Waals surface area contributed by atoms with E-state index in [4.69, 9.17) is 4.74 Å². The topological polar surface area (TPSA) is 103 Å². The van der Waals surface area contributed by atoms with Crippen LogP contribution in [0.25, 0.3) is 0 Å². The minimum Gasteiger partial charge on any atom is -0.379 e. The third-order valence-electron chi connectivity index (χ3n) is 6.56. The lowest BCUT2D eigenvalue weighted by molar-refractivity contribution is -0.138. The lowest BCUT2D eigenvalue weighted by Gasteiger charge is -2.40. The summed E-state index contributed by atoms with van der Waals surface area (Å²) in [5.74, 6) is -0.395. The Morgan fingerprint density at radius 2 is 1.82 bits per heavy atom. The largest absolute Gasteiger partial charge is 0.423 e. The summed E-state index contributed by atoms with van der Waals surface area (Å²) in [6.45, 7) is 2.81. The van der Waals surface area contributed by atoms with Gasteiger partial charge in [-0.2, -0.15) is 18.3 Å². The maximum Gasteiger partial charge on any atom is 0.423 e. The highest BCUT2D eigenvalue weighted by atomic mass is 32.5. The average molecular weight is 607 g/mol. The summed E-state index contributed by atoms with van der Waals surface area (Å²) < 4.78 is 109. The lowest BCUT2D eigenvalue weighted by Crippen LogP contribution is -2.49. The van der Waals surface area contributed by atoms with Crippen LogP contribution in [0.3, 0.4) is 0 Å². The number of amides is 1. The molecule has 9 nitrogen and oxygen atoms in total. The zero-order valence-corrected chi connectivity index (χ0v) is 21.8. The number of rotatable bonds is 9. The van der Waals surface area contributed by atoms with Crippen molar-refractivity contribution in [2.75, 3.05) is 49.6 Å². The quantitative estimate of drug-likeness (QED) is 0.401. The predicted molar refractivity (Wildman–Crippen MR) is 130 cm³/mol. The number of hydrogen-bond donors (Lipinski definition) is 2. The van der Waals surface area contributed by atoms with Crippen LogP contribution in [0, 0.1) is 11.8 Å². The molecule has 1 amide bonds. The predicted octanol–water partition coefficient (Wildman–Crippen LogP) is 4.64. The van der Waals surface area contributed by atoms with Gasteiger partial charge in [0.25, 0.3) is 5.56 Å². The van der Waals surface area contributed by atoms with Crippen LogP contribution in [0.15, 0.2) is 34.2 Å². The van der Waals surface area contributed by atoms with E-state index >= 15 is 0 Å². The molecule has 0 radical (unpaired) electrons. The molecule has 224 valence electrons. The normalized spacial score (nSPS) is 22.3. The number of carbonyl (C=O) groups is 1. The molecular weight excluding hydrogens is 580 g/mol. The molecule has 0 aromatic carbocycles. The SMILES string of the molecule is C[C@@H](COC[C@H]1C[C@@H]1C(=O)N1CCN(c2ccc(S(F)(F)(F)(F)F)cn2)CC1)Nc1cn[nH]c(=O)c1C(F)(F)F. The highest BCUT2D eigenvalue weighted by molar-refractivity contribution is 8.45. The van der Waals surface area contributed by atoms with Crippen molar-refractivity contribution >= 4 is 27.6 Å². The summed E-state index contributed by atoms with van der Waals surface area (Å²) in [7, 11) is -9.80. The number of halogens is 8. The molecule has 0 bridgehead atoms. The molecule has 40 heavy (non-hydrogen) atoms. The molecule has 3 atom stereocenters. The first-order valence-electron chi connectivity index (χ1n) is 12.1. The summed E-state index contributed by atoms with van der Waals surface area (Å²) in [4.78, 5) is 29.0. The van der Waals surface area contributed by atoms with Crippen molar-refractivity contribution < 1.29 is 42.1 Å². The fourth-order valence-electron chi connectivity index (χ4n) is 4.40. The van der Waals surface area contributed by atoms with E-state index in [9.17, 15) is 42.2 Å². The summed E-state index contributed by atoms with van der Waals surface area (Å²) >= 11 is 0. The van der Waals surface area contributed by atoms with E-state index in [-0.39, 0.29) is 69.2 Å². The fourth-order valence-corrected chi connectivity index (χ4v) is 4.98. The van der Waals surface area contributed by atoms with Gasteiger partial charge in [0.2, 0.25) is 5.91 Å². The van der Waals surface area contributed by atoms with Crippen LogP contribution in [0.4, 0.5) is 44.1 Å². The van der Waals surface area contributed by atoms with Gasteiger partial charge in [-0.1, -0.05) is 19.4 Å². The number of H-pyrrole nitrogens is 1. The maximum absolute atomic E-state index is 13.2. The minimum atomic E-state index is -9.80. The van der Waals surface area contributed by atoms with Gasteiger partial charge in [0.05, 0.1) is 31.3 Å². The Morgan fingerprint density at radius 1 is 1.15 bits per heavy atom. The number of anilines is 2. The van der Waals surface area contributed by atoms with Crippen LogP contribution in [0.5, 0.6) is 0 Å². The van der Waals surface area contributed by atoms with Gasteiger partial charge in [-0.3, -0.25) is 9.59 Å². The monoisotopic (exact) mass is 606 g/mol. The number of carbonyl (C=O) groups excluding carboxylic acids is 1. The van der Waals surface area contributed by atoms with Crippen LogP contribution in [0.1, 0.15) is 18.9 Å². The smallest absolute Gasteiger partial charge is 0.379 e. The minimum absolute atomic E-state index is 0.00792. The first-order chi connectivity index (χ1) is 18.3. The fraction of sp³-hybridized carbons (Fsp3) is 0.545. The second-order valence-corrected chi connectivity index (χ2v) is 12.2. The molecule has 1 aliphatic carbocycles. The van der Waals surface area contributed by atoms with E-state index in [1.165, 1.54) is 0 Å². The zero-order valence-electron chi connectivity index (χ0n) is 20.9. The number of pyridine rings is 1. The van der Waals surface area contributed by atoms with Crippen molar-refractivity contribution in [3.8, 4) is 0 Å². The molecule has 0 unspecified atom stereocenters. The summed E-state index contributed by atoms with van der Waals surface area (Å²) in [6.07, 6.45) is -3.33. The molecule has 2 aliphatic rings. The highest BCUT2D eigenvalue weighted by Gasteiger charge is 2.65. The first kappa shape index (κ1) is 29.8. The number of hydrogen-bond acceptors (Lipinski definition) is 7. The number of aromatic nitrogens is 3. The molecule has 1 saturated heterocycles. The Bertz CT molecular complexity index is 1300. The van der Waals surface area contributed by atoms with Gasteiger partial charge in [-0.05, 0) is 31.4 Å². The van der Waals surface area contributed by atoms with E-state index in [2.05, 4.69) is 15.4 Å². The van der Waals surface area contributed by atoms with Gasteiger partial charge in [-0.15, -0.1) is 0 Å². The molecule has 18 heteroatoms. The molecule has 2 aromatic rings. The van der Waals surface area contributed by atoms with Gasteiger partial charge in [-0.25, -0.2) is 10.1 Å². The third kappa shape index (κ3) is 7.13. The Kier molecular flexibility index (Phi) is 7.26. The van der Waals surface area contributed by atoms with Crippen LogP contribution in [0.2, 0.25) is 0 Å². The van der Waals surface area contributed by atoms with Crippen molar-refractivity contribution in [2.24, 2.45) is 11.8 Å². The van der Waals surface area contributed by atoms with Gasteiger partial charge >= 0.3 is 16.4 Å². The van der Waals surface area contributed by atoms with Crippen molar-refractivity contribution in [3.05, 3.63) is 40.4 Å². The van der Waals surface area contributed by atoms with Crippen molar-refractivity contribution in [3.63, 3.8) is 0 Å². The maximum atomic E-state index is 13.2. The molecule has 3 heterocycles. The number of alkyl halides is 3. The molecule has 2 fully saturated rings. The zero-order chi connectivity index (χ0) is 29.6. The van der Waals surface area contributed by atoms with Crippen LogP contribution in [-0.4, -0.2) is 71.4 Å². The summed E-state index contributed by atoms with van der Waals surface area (Å²) in [5.41, 5.74) is -3.23. The van der Waals surface area contributed by atoms with Gasteiger partial charge in [0, 0.05) is 38.1 Å². The Balaban J connectivity index is 1.20. The number of nitrogens with zero attached hydrogens (tertiary/aromatic N) is 4. The first-order valence-corrected chi connectivity index (χ1v) is 14.0. The highest BCUT2D eigenvalue weighted by Crippen LogP contribution is 3.02. The van der Waals surface area contributed by atoms with E-state index in [1.807, 2.05) is 0 Å². The number of piperazine rings is 1. The third-order valence-corrected chi connectivity index (χ3v) is 7.69. The summed E-state index contributed by atoms with van der Waals surface area (Å²) in [5, 5.41) is 7.70. The second-order valence-electron chi connectivity index (χ2n) is 9.80. The van der Waals surface area contributed by atoms with Gasteiger partial charge < -0.3 is 19.9 Å². The van der Waals surface area contributed by atoms with Gasteiger partial charge in [0.15, 0.2) is 0 Å². The lowest BCUT2D eigenvalue weighted by atomic mass is 10.2. The van der Waals surface area contributed by atoms with E-state index in [1.54, 1.807) is 21.8 Å². The Labute approximate surface area is 222 Å². The summed E-state index contributed by atoms with van der Waals surface area (Å²) in [6, 6.07) is 0.584. The number of ether oxygens (including phenoxy) is 1. The molecular formula is C22H26F8N6O3S. The van der Waals surface area contributed by atoms with E-state index < -0.39 is 44.1 Å². The van der Waals surface area contributed by atoms with E-state index in [0.717, 1.165) is 12.3 Å². The van der Waals surface area contributed by atoms with Crippen LogP contribution >= 0.6 is 10.2 Å². The van der Waals surface area contributed by atoms with E-state index in [0.29, 0.717) is 12.5 Å². The molecule has 2 N–H and O–H groups in total. The number of aromatic amines is 1. The van der Waals surface area contributed by atoms with Gasteiger partial charge in [0.1, 0.15) is 16.3 Å². The molecule has 2 aromatic heterocycles. The Morgan fingerprint density at radius 3 is 2.40 bits per heavy atom. The van der Waals surface area contributed by atoms with Crippen molar-refractivity contribution in [1.29, 1.82) is 0 Å². The van der Waals surface area contributed by atoms with Crippen molar-refractivity contribution in [2.45, 2.75) is 30.5 Å². The van der Waals surface area contributed by atoms with Crippen LogP contribution < -0.4 is 15.8 Å². The Hall–Kier alpha value is -3.15. The molecule has 1 saturated carbocycles.